The molecule has 0 aromatic heterocycles. The number of amides is 4. The SMILES string of the molecule is C=C1NC2CSC(CCCCC(=O)NCCCCCC(=O)NCCCCCC(=O)ON3C(=O)CC(S(=O)(=O)[O-])C3=O)C2N1.[Na+]. The van der Waals surface area contributed by atoms with Crippen molar-refractivity contribution in [1.29, 1.82) is 0 Å². The molecule has 4 amide bonds. The Kier molecular flexibility index (Phi) is 16.5. The zero-order valence-corrected chi connectivity index (χ0v) is 28.9. The molecule has 4 N–H and O–H groups in total. The van der Waals surface area contributed by atoms with Crippen LogP contribution in [0.1, 0.15) is 83.5 Å². The monoisotopic (exact) mass is 667 g/mol. The summed E-state index contributed by atoms with van der Waals surface area (Å²) in [5.41, 5.74) is 0. The van der Waals surface area contributed by atoms with Crippen molar-refractivity contribution in [2.45, 2.75) is 106 Å². The van der Waals surface area contributed by atoms with Crippen molar-refractivity contribution < 1.29 is 71.3 Å². The third kappa shape index (κ3) is 12.5. The van der Waals surface area contributed by atoms with Crippen molar-refractivity contribution in [3.05, 3.63) is 12.4 Å². The smallest absolute Gasteiger partial charge is 0.747 e. The van der Waals surface area contributed by atoms with Crippen molar-refractivity contribution in [1.82, 2.24) is 26.3 Å². The van der Waals surface area contributed by atoms with Crippen LogP contribution in [-0.2, 0) is 38.9 Å². The summed E-state index contributed by atoms with van der Waals surface area (Å²) in [5, 5.41) is 11.1. The molecule has 3 saturated heterocycles. The zero-order chi connectivity index (χ0) is 31.4. The van der Waals surface area contributed by atoms with Crippen molar-refractivity contribution in [2.24, 2.45) is 0 Å². The fourth-order valence-electron chi connectivity index (χ4n) is 5.22. The van der Waals surface area contributed by atoms with E-state index in [0.29, 0.717) is 68.9 Å². The summed E-state index contributed by atoms with van der Waals surface area (Å²) in [5.74, 6) is -1.31. The van der Waals surface area contributed by atoms with Gasteiger partial charge in [-0.05, 0) is 38.5 Å². The van der Waals surface area contributed by atoms with Crippen LogP contribution in [0.2, 0.25) is 0 Å². The average Bonchev–Trinajstić information content (AvgIpc) is 3.58. The molecule has 3 aliphatic rings. The summed E-state index contributed by atoms with van der Waals surface area (Å²) in [7, 11) is -5.02. The van der Waals surface area contributed by atoms with Gasteiger partial charge in [0.15, 0.2) is 0 Å². The number of carbonyl (C=O) groups excluding carboxylic acids is 5. The van der Waals surface area contributed by atoms with E-state index in [-0.39, 0.29) is 52.9 Å². The van der Waals surface area contributed by atoms with Gasteiger partial charge in [0, 0.05) is 43.4 Å². The number of carbonyl (C=O) groups is 5. The minimum Gasteiger partial charge on any atom is -0.747 e. The fraction of sp³-hybridized carbons (Fsp3) is 0.741. The van der Waals surface area contributed by atoms with Crippen molar-refractivity contribution in [3.8, 4) is 0 Å². The van der Waals surface area contributed by atoms with Crippen LogP contribution in [0, 0.1) is 0 Å². The summed E-state index contributed by atoms with van der Waals surface area (Å²) in [6.45, 7) is 4.97. The summed E-state index contributed by atoms with van der Waals surface area (Å²) in [6.07, 6.45) is 6.82. The Labute approximate surface area is 285 Å². The van der Waals surface area contributed by atoms with E-state index in [9.17, 15) is 36.9 Å². The Morgan fingerprint density at radius 3 is 2.11 bits per heavy atom. The molecule has 17 heteroatoms. The second-order valence-corrected chi connectivity index (χ2v) is 13.8. The van der Waals surface area contributed by atoms with E-state index in [4.69, 9.17) is 0 Å². The molecule has 0 saturated carbocycles. The average molecular weight is 668 g/mol. The van der Waals surface area contributed by atoms with Gasteiger partial charge in [-0.2, -0.15) is 11.8 Å². The summed E-state index contributed by atoms with van der Waals surface area (Å²) in [6, 6.07) is 0.907. The third-order valence-corrected chi connectivity index (χ3v) is 10.1. The molecule has 4 atom stereocenters. The van der Waals surface area contributed by atoms with Gasteiger partial charge in [0.25, 0.3) is 11.8 Å². The normalized spacial score (nSPS) is 22.6. The van der Waals surface area contributed by atoms with E-state index < -0.39 is 39.6 Å². The molecule has 0 aromatic carbocycles. The number of unbranched alkanes of at least 4 members (excludes halogenated alkanes) is 5. The molecule has 242 valence electrons. The second-order valence-electron chi connectivity index (χ2n) is 11.0. The van der Waals surface area contributed by atoms with E-state index in [1.807, 2.05) is 11.8 Å². The van der Waals surface area contributed by atoms with Crippen molar-refractivity contribution in [2.75, 3.05) is 18.8 Å². The Morgan fingerprint density at radius 1 is 0.932 bits per heavy atom. The first-order valence-electron chi connectivity index (χ1n) is 14.8. The van der Waals surface area contributed by atoms with Crippen LogP contribution < -0.4 is 50.8 Å². The second kappa shape index (κ2) is 19.0. The minimum absolute atomic E-state index is 0. The molecule has 0 aliphatic carbocycles. The van der Waals surface area contributed by atoms with Gasteiger partial charge in [0.1, 0.15) is 15.4 Å². The Balaban J connectivity index is 0.00000675. The molecular formula is C27H42N5NaO9S2. The van der Waals surface area contributed by atoms with Gasteiger partial charge in [-0.1, -0.05) is 25.8 Å². The third-order valence-electron chi connectivity index (χ3n) is 7.55. The summed E-state index contributed by atoms with van der Waals surface area (Å²) < 4.78 is 33.0. The molecule has 3 aliphatic heterocycles. The van der Waals surface area contributed by atoms with Crippen LogP contribution in [0.3, 0.4) is 0 Å². The Morgan fingerprint density at radius 2 is 1.52 bits per heavy atom. The number of hydrogen-bond donors (Lipinski definition) is 4. The van der Waals surface area contributed by atoms with Gasteiger partial charge in [0.2, 0.25) is 11.8 Å². The van der Waals surface area contributed by atoms with E-state index in [1.54, 1.807) is 0 Å². The maximum Gasteiger partial charge on any atom is 1.00 e. The molecule has 0 bridgehead atoms. The van der Waals surface area contributed by atoms with Gasteiger partial charge in [-0.25, -0.2) is 13.2 Å². The van der Waals surface area contributed by atoms with Gasteiger partial charge >= 0.3 is 35.5 Å². The van der Waals surface area contributed by atoms with Crippen LogP contribution in [-0.4, -0.2) is 89.1 Å². The topological polar surface area (TPSA) is 203 Å². The van der Waals surface area contributed by atoms with E-state index in [1.165, 1.54) is 0 Å². The number of thioether (sulfide) groups is 1. The molecule has 0 aromatic rings. The zero-order valence-electron chi connectivity index (χ0n) is 25.3. The maximum atomic E-state index is 12.1. The van der Waals surface area contributed by atoms with Gasteiger partial charge in [0.05, 0.1) is 24.3 Å². The first-order valence-corrected chi connectivity index (χ1v) is 17.4. The first kappa shape index (κ1) is 38.3. The molecule has 44 heavy (non-hydrogen) atoms. The molecule has 4 unspecified atom stereocenters. The number of nitrogens with zero attached hydrogens (tertiary/aromatic N) is 1. The Hall–Kier alpha value is -1.85. The molecule has 14 nitrogen and oxygen atoms in total. The minimum atomic E-state index is -5.02. The van der Waals surface area contributed by atoms with Crippen LogP contribution in [0.4, 0.5) is 0 Å². The van der Waals surface area contributed by atoms with Crippen LogP contribution >= 0.6 is 11.8 Å². The van der Waals surface area contributed by atoms with Crippen LogP contribution in [0.5, 0.6) is 0 Å². The summed E-state index contributed by atoms with van der Waals surface area (Å²) in [4.78, 5) is 64.1. The number of fused-ring (bicyclic) bond motifs is 1. The first-order chi connectivity index (χ1) is 20.5. The van der Waals surface area contributed by atoms with Gasteiger partial charge < -0.3 is 30.7 Å². The quantitative estimate of drug-likeness (QED) is 0.0491. The largest absolute Gasteiger partial charge is 1.00 e. The molecule has 3 rings (SSSR count). The number of rotatable bonds is 19. The Bertz CT molecular complexity index is 1160. The summed E-state index contributed by atoms with van der Waals surface area (Å²) >= 11 is 1.98. The number of nitrogens with one attached hydrogen (secondary N) is 4. The van der Waals surface area contributed by atoms with Gasteiger partial charge in [-0.15, -0.1) is 5.06 Å². The molecule has 3 heterocycles. The molecular weight excluding hydrogens is 625 g/mol. The fourth-order valence-corrected chi connectivity index (χ4v) is 7.45. The standard InChI is InChI=1S/C27H43N5O9S2.Na/c1-18-30-19-17-42-20(26(19)31-18)10-6-7-12-23(34)29-14-8-2-4-11-22(33)28-15-9-3-5-13-25(36)41-32-24(35)16-21(27(32)37)43(38,39)40;/h19-21,26,30-31H,1-17H2,(H,28,33)(H,29,34)(H,38,39,40);/q;+1/p-1. The molecule has 0 spiro atoms. The predicted octanol–water partition coefficient (Wildman–Crippen LogP) is -2.45. The van der Waals surface area contributed by atoms with E-state index in [2.05, 4.69) is 32.7 Å². The van der Waals surface area contributed by atoms with Crippen molar-refractivity contribution >= 4 is 51.5 Å². The van der Waals surface area contributed by atoms with Crippen LogP contribution in [0.25, 0.3) is 0 Å². The van der Waals surface area contributed by atoms with Crippen molar-refractivity contribution in [3.63, 3.8) is 0 Å². The predicted molar refractivity (Wildman–Crippen MR) is 157 cm³/mol. The van der Waals surface area contributed by atoms with E-state index in [0.717, 1.165) is 43.7 Å². The van der Waals surface area contributed by atoms with E-state index >= 15 is 0 Å². The van der Waals surface area contributed by atoms with Gasteiger partial charge in [-0.3, -0.25) is 19.2 Å². The van der Waals surface area contributed by atoms with Crippen LogP contribution in [0.15, 0.2) is 12.4 Å². The maximum absolute atomic E-state index is 12.1. The molecule has 0 radical (unpaired) electrons. The number of hydrogen-bond acceptors (Lipinski definition) is 12. The number of hydroxylamine groups is 2. The molecule has 3 fully saturated rings. The number of imide groups is 1.